The fraction of sp³-hybridized carbons (Fsp3) is 1.00. The second kappa shape index (κ2) is 6.30. The lowest BCUT2D eigenvalue weighted by Crippen LogP contribution is -2.45. The molecule has 100 valence electrons. The number of hydrogen-bond donors (Lipinski definition) is 1. The molecule has 0 spiro atoms. The molecule has 0 amide bonds. The Morgan fingerprint density at radius 3 is 2.82 bits per heavy atom. The van der Waals surface area contributed by atoms with Crippen LogP contribution in [0.25, 0.3) is 0 Å². The third-order valence-electron chi connectivity index (χ3n) is 4.14. The van der Waals surface area contributed by atoms with Crippen LogP contribution >= 0.6 is 0 Å². The molecule has 5 atom stereocenters. The minimum absolute atomic E-state index is 0.255. The summed E-state index contributed by atoms with van der Waals surface area (Å²) in [5, 5.41) is 3.67. The van der Waals surface area contributed by atoms with E-state index in [1.54, 1.807) is 0 Å². The molecule has 1 heterocycles. The van der Waals surface area contributed by atoms with Gasteiger partial charge < -0.3 is 10.1 Å². The molecule has 3 nitrogen and oxygen atoms in total. The van der Waals surface area contributed by atoms with Gasteiger partial charge in [-0.25, -0.2) is 0 Å². The van der Waals surface area contributed by atoms with Gasteiger partial charge in [-0.1, -0.05) is 6.92 Å². The lowest BCUT2D eigenvalue weighted by molar-refractivity contribution is 0.128. The van der Waals surface area contributed by atoms with E-state index >= 15 is 0 Å². The number of nitrogens with one attached hydrogen (secondary N) is 1. The SMILES string of the molecule is CNC1CCC(C)CC1S(=O)CC1CCCO1. The van der Waals surface area contributed by atoms with E-state index in [-0.39, 0.29) is 6.10 Å². The fourth-order valence-electron chi connectivity index (χ4n) is 3.03. The monoisotopic (exact) mass is 259 g/mol. The lowest BCUT2D eigenvalue weighted by Gasteiger charge is -2.34. The Hall–Kier alpha value is 0.0700. The van der Waals surface area contributed by atoms with Gasteiger partial charge in [-0.3, -0.25) is 4.21 Å². The predicted molar refractivity (Wildman–Crippen MR) is 71.6 cm³/mol. The molecular formula is C13H25NO2S. The van der Waals surface area contributed by atoms with Gasteiger partial charge in [0.25, 0.3) is 0 Å². The van der Waals surface area contributed by atoms with E-state index in [4.69, 9.17) is 4.74 Å². The van der Waals surface area contributed by atoms with Gasteiger partial charge in [-0.15, -0.1) is 0 Å². The Morgan fingerprint density at radius 1 is 1.35 bits per heavy atom. The first kappa shape index (κ1) is 13.5. The first-order valence-electron chi connectivity index (χ1n) is 6.86. The Kier molecular flexibility index (Phi) is 5.00. The van der Waals surface area contributed by atoms with Crippen molar-refractivity contribution in [2.24, 2.45) is 5.92 Å². The van der Waals surface area contributed by atoms with Gasteiger partial charge in [0.2, 0.25) is 0 Å². The van der Waals surface area contributed by atoms with E-state index in [0.717, 1.165) is 37.5 Å². The minimum Gasteiger partial charge on any atom is -0.377 e. The number of ether oxygens (including phenoxy) is 1. The zero-order valence-corrected chi connectivity index (χ0v) is 11.8. The van der Waals surface area contributed by atoms with E-state index < -0.39 is 10.8 Å². The number of hydrogen-bond acceptors (Lipinski definition) is 3. The smallest absolute Gasteiger partial charge is 0.0691 e. The van der Waals surface area contributed by atoms with Gasteiger partial charge in [0.15, 0.2) is 0 Å². The van der Waals surface area contributed by atoms with Crippen LogP contribution in [0.4, 0.5) is 0 Å². The summed E-state index contributed by atoms with van der Waals surface area (Å²) in [5.74, 6) is 1.47. The average Bonchev–Trinajstić information content (AvgIpc) is 2.81. The first-order valence-corrected chi connectivity index (χ1v) is 8.25. The molecule has 1 saturated carbocycles. The summed E-state index contributed by atoms with van der Waals surface area (Å²) < 4.78 is 18.1. The molecule has 17 heavy (non-hydrogen) atoms. The maximum Gasteiger partial charge on any atom is 0.0691 e. The zero-order valence-electron chi connectivity index (χ0n) is 11.0. The molecule has 0 aromatic rings. The van der Waals surface area contributed by atoms with Crippen molar-refractivity contribution in [3.8, 4) is 0 Å². The molecule has 5 unspecified atom stereocenters. The standard InChI is InChI=1S/C13H25NO2S/c1-10-5-6-12(14-2)13(8-10)17(15)9-11-4-3-7-16-11/h10-14H,3-9H2,1-2H3. The molecule has 2 aliphatic rings. The van der Waals surface area contributed by atoms with Gasteiger partial charge in [0.1, 0.15) is 0 Å². The van der Waals surface area contributed by atoms with Crippen molar-refractivity contribution in [2.45, 2.75) is 56.4 Å². The molecule has 4 heteroatoms. The van der Waals surface area contributed by atoms with Crippen LogP contribution in [0.3, 0.4) is 0 Å². The van der Waals surface area contributed by atoms with Gasteiger partial charge in [-0.2, -0.15) is 0 Å². The summed E-state index contributed by atoms with van der Waals surface area (Å²) in [7, 11) is 1.26. The van der Waals surface area contributed by atoms with Crippen molar-refractivity contribution in [3.63, 3.8) is 0 Å². The van der Waals surface area contributed by atoms with Crippen LogP contribution in [0.15, 0.2) is 0 Å². The van der Waals surface area contributed by atoms with Crippen LogP contribution in [-0.4, -0.2) is 41.0 Å². The van der Waals surface area contributed by atoms with Crippen LogP contribution < -0.4 is 5.32 Å². The molecule has 1 aliphatic carbocycles. The molecule has 1 aliphatic heterocycles. The van der Waals surface area contributed by atoms with Gasteiger partial charge in [0, 0.05) is 23.4 Å². The minimum atomic E-state index is -0.734. The van der Waals surface area contributed by atoms with Crippen molar-refractivity contribution in [1.82, 2.24) is 5.32 Å². The van der Waals surface area contributed by atoms with Gasteiger partial charge in [0.05, 0.1) is 17.1 Å². The van der Waals surface area contributed by atoms with Crippen molar-refractivity contribution >= 4 is 10.8 Å². The largest absolute Gasteiger partial charge is 0.377 e. The summed E-state index contributed by atoms with van der Waals surface area (Å²) >= 11 is 0. The summed E-state index contributed by atoms with van der Waals surface area (Å²) in [5.41, 5.74) is 0. The van der Waals surface area contributed by atoms with E-state index in [0.29, 0.717) is 11.3 Å². The highest BCUT2D eigenvalue weighted by Crippen LogP contribution is 2.28. The quantitative estimate of drug-likeness (QED) is 0.835. The molecule has 1 saturated heterocycles. The highest BCUT2D eigenvalue weighted by molar-refractivity contribution is 7.85. The first-order chi connectivity index (χ1) is 8.20. The third kappa shape index (κ3) is 3.52. The molecule has 0 aromatic carbocycles. The maximum absolute atomic E-state index is 12.5. The molecule has 1 N–H and O–H groups in total. The van der Waals surface area contributed by atoms with E-state index in [9.17, 15) is 4.21 Å². The Bertz CT molecular complexity index is 266. The van der Waals surface area contributed by atoms with Crippen molar-refractivity contribution < 1.29 is 8.95 Å². The Morgan fingerprint density at radius 2 is 2.18 bits per heavy atom. The molecule has 0 bridgehead atoms. The highest BCUT2D eigenvalue weighted by Gasteiger charge is 2.33. The molecular weight excluding hydrogens is 234 g/mol. The molecule has 2 rings (SSSR count). The van der Waals surface area contributed by atoms with Gasteiger partial charge >= 0.3 is 0 Å². The number of rotatable bonds is 4. The summed E-state index contributed by atoms with van der Waals surface area (Å²) in [4.78, 5) is 0. The predicted octanol–water partition coefficient (Wildman–Crippen LogP) is 1.69. The molecule has 2 fully saturated rings. The van der Waals surface area contributed by atoms with Gasteiger partial charge in [-0.05, 0) is 45.1 Å². The second-order valence-corrected chi connectivity index (χ2v) is 7.23. The van der Waals surface area contributed by atoms with Crippen LogP contribution in [0.1, 0.15) is 39.0 Å². The van der Waals surface area contributed by atoms with E-state index in [2.05, 4.69) is 12.2 Å². The van der Waals surface area contributed by atoms with Crippen LogP contribution in [-0.2, 0) is 15.5 Å². The third-order valence-corrected chi connectivity index (χ3v) is 6.03. The summed E-state index contributed by atoms with van der Waals surface area (Å²) in [6.07, 6.45) is 6.02. The summed E-state index contributed by atoms with van der Waals surface area (Å²) in [6, 6.07) is 0.438. The average molecular weight is 259 g/mol. The zero-order chi connectivity index (χ0) is 12.3. The Balaban J connectivity index is 1.90. The second-order valence-electron chi connectivity index (χ2n) is 5.53. The van der Waals surface area contributed by atoms with Crippen molar-refractivity contribution in [1.29, 1.82) is 0 Å². The van der Waals surface area contributed by atoms with Crippen LogP contribution in [0.5, 0.6) is 0 Å². The maximum atomic E-state index is 12.5. The highest BCUT2D eigenvalue weighted by atomic mass is 32.2. The molecule has 0 radical (unpaired) electrons. The van der Waals surface area contributed by atoms with E-state index in [1.165, 1.54) is 12.8 Å². The van der Waals surface area contributed by atoms with E-state index in [1.807, 2.05) is 7.05 Å². The lowest BCUT2D eigenvalue weighted by atomic mass is 9.87. The topological polar surface area (TPSA) is 38.3 Å². The Labute approximate surface area is 107 Å². The fourth-order valence-corrected chi connectivity index (χ4v) is 5.09. The van der Waals surface area contributed by atoms with Crippen molar-refractivity contribution in [3.05, 3.63) is 0 Å². The van der Waals surface area contributed by atoms with Crippen LogP contribution in [0.2, 0.25) is 0 Å². The normalized spacial score (nSPS) is 40.4. The van der Waals surface area contributed by atoms with Crippen molar-refractivity contribution in [2.75, 3.05) is 19.4 Å². The molecule has 0 aromatic heterocycles. The summed E-state index contributed by atoms with van der Waals surface area (Å²) in [6.45, 7) is 3.14. The van der Waals surface area contributed by atoms with Crippen LogP contribution in [0, 0.1) is 5.92 Å².